The summed E-state index contributed by atoms with van der Waals surface area (Å²) in [5.41, 5.74) is 4.99. The van der Waals surface area contributed by atoms with Crippen LogP contribution in [0.3, 0.4) is 0 Å². The van der Waals surface area contributed by atoms with Crippen LogP contribution in [0.25, 0.3) is 0 Å². The zero-order valence-electron chi connectivity index (χ0n) is 13.2. The highest BCUT2D eigenvalue weighted by atomic mass is 32.2. The van der Waals surface area contributed by atoms with Crippen LogP contribution in [-0.2, 0) is 5.41 Å². The molecular formula is C16H22N4S. The predicted octanol–water partition coefficient (Wildman–Crippen LogP) is 3.83. The number of anilines is 1. The Kier molecular flexibility index (Phi) is 4.54. The Morgan fingerprint density at radius 3 is 2.43 bits per heavy atom. The van der Waals surface area contributed by atoms with E-state index in [-0.39, 0.29) is 5.41 Å². The Hall–Kier alpha value is -1.59. The van der Waals surface area contributed by atoms with Crippen LogP contribution in [0.1, 0.15) is 37.7 Å². The molecule has 0 unspecified atom stereocenters. The van der Waals surface area contributed by atoms with Crippen molar-refractivity contribution in [2.45, 2.75) is 50.0 Å². The highest BCUT2D eigenvalue weighted by molar-refractivity contribution is 7.99. The summed E-state index contributed by atoms with van der Waals surface area (Å²) in [6, 6.07) is 8.30. The molecule has 0 fully saturated rings. The summed E-state index contributed by atoms with van der Waals surface area (Å²) in [5, 5.41) is 0.900. The van der Waals surface area contributed by atoms with E-state index in [1.54, 1.807) is 11.8 Å². The smallest absolute Gasteiger partial charge is 0.144 e. The van der Waals surface area contributed by atoms with Crippen molar-refractivity contribution in [3.05, 3.63) is 41.2 Å². The molecule has 0 aliphatic heterocycles. The van der Waals surface area contributed by atoms with E-state index in [0.29, 0.717) is 5.82 Å². The summed E-state index contributed by atoms with van der Waals surface area (Å²) < 4.78 is 0. The van der Waals surface area contributed by atoms with Crippen molar-refractivity contribution in [1.82, 2.24) is 9.97 Å². The van der Waals surface area contributed by atoms with Crippen LogP contribution < -0.4 is 11.3 Å². The number of hydrazine groups is 1. The van der Waals surface area contributed by atoms with Crippen LogP contribution in [-0.4, -0.2) is 9.97 Å². The van der Waals surface area contributed by atoms with Gasteiger partial charge in [-0.05, 0) is 31.0 Å². The Labute approximate surface area is 130 Å². The highest BCUT2D eigenvalue weighted by Gasteiger charge is 2.19. The maximum absolute atomic E-state index is 5.53. The van der Waals surface area contributed by atoms with Crippen LogP contribution in [0, 0.1) is 13.8 Å². The minimum atomic E-state index is -0.121. The van der Waals surface area contributed by atoms with Crippen LogP contribution in [0.5, 0.6) is 0 Å². The van der Waals surface area contributed by atoms with E-state index >= 15 is 0 Å². The number of benzene rings is 1. The molecule has 0 atom stereocenters. The minimum Gasteiger partial charge on any atom is -0.308 e. The molecule has 0 bridgehead atoms. The second kappa shape index (κ2) is 6.03. The molecule has 2 rings (SSSR count). The lowest BCUT2D eigenvalue weighted by atomic mass is 9.96. The molecule has 5 heteroatoms. The molecule has 0 aliphatic carbocycles. The Balaban J connectivity index is 2.42. The number of aromatic nitrogens is 2. The maximum atomic E-state index is 5.53. The van der Waals surface area contributed by atoms with E-state index in [2.05, 4.69) is 68.2 Å². The van der Waals surface area contributed by atoms with Crippen LogP contribution in [0.2, 0.25) is 0 Å². The number of nitrogen functional groups attached to an aromatic ring is 1. The molecule has 4 nitrogen and oxygen atoms in total. The lowest BCUT2D eigenvalue weighted by molar-refractivity contribution is 0.539. The molecule has 0 amide bonds. The average molecular weight is 302 g/mol. The number of rotatable bonds is 3. The number of aryl methyl sites for hydroxylation is 2. The summed E-state index contributed by atoms with van der Waals surface area (Å²) in [7, 11) is 0. The van der Waals surface area contributed by atoms with E-state index in [1.165, 1.54) is 16.0 Å². The number of nitrogens with two attached hydrogens (primary N) is 1. The molecule has 1 aromatic heterocycles. The number of nitrogens with one attached hydrogen (secondary N) is 1. The van der Waals surface area contributed by atoms with Gasteiger partial charge in [-0.1, -0.05) is 44.7 Å². The van der Waals surface area contributed by atoms with Crippen molar-refractivity contribution in [3.63, 3.8) is 0 Å². The predicted molar refractivity (Wildman–Crippen MR) is 88.6 cm³/mol. The van der Waals surface area contributed by atoms with Crippen LogP contribution >= 0.6 is 11.8 Å². The third-order valence-corrected chi connectivity index (χ3v) is 4.16. The van der Waals surface area contributed by atoms with E-state index < -0.39 is 0 Å². The number of hydrogen-bond donors (Lipinski definition) is 2. The van der Waals surface area contributed by atoms with Gasteiger partial charge in [0.2, 0.25) is 0 Å². The summed E-state index contributed by atoms with van der Waals surface area (Å²) in [5.74, 6) is 6.95. The first-order chi connectivity index (χ1) is 9.79. The lowest BCUT2D eigenvalue weighted by Gasteiger charge is -2.18. The van der Waals surface area contributed by atoms with Gasteiger partial charge in [0.05, 0.1) is 0 Å². The summed E-state index contributed by atoms with van der Waals surface area (Å²) in [6.45, 7) is 10.5. The van der Waals surface area contributed by atoms with Crippen molar-refractivity contribution in [2.24, 2.45) is 5.84 Å². The van der Waals surface area contributed by atoms with Gasteiger partial charge in [-0.15, -0.1) is 0 Å². The standard InChI is InChI=1S/C16H22N4S/c1-10-6-7-11(2)12(8-10)21-14-9-13(20-17)18-15(19-14)16(3,4)5/h6-9H,17H2,1-5H3,(H,18,19,20). The quantitative estimate of drug-likeness (QED) is 0.512. The van der Waals surface area contributed by atoms with Crippen molar-refractivity contribution in [1.29, 1.82) is 0 Å². The van der Waals surface area contributed by atoms with E-state index in [0.717, 1.165) is 10.9 Å². The van der Waals surface area contributed by atoms with Gasteiger partial charge in [0, 0.05) is 16.4 Å². The molecule has 1 aromatic carbocycles. The van der Waals surface area contributed by atoms with E-state index in [1.807, 2.05) is 6.07 Å². The molecule has 0 radical (unpaired) electrons. The normalized spacial score (nSPS) is 11.5. The molecule has 2 aromatic rings. The molecule has 0 saturated heterocycles. The third kappa shape index (κ3) is 3.95. The molecule has 3 N–H and O–H groups in total. The van der Waals surface area contributed by atoms with Crippen molar-refractivity contribution < 1.29 is 0 Å². The Morgan fingerprint density at radius 2 is 1.81 bits per heavy atom. The van der Waals surface area contributed by atoms with Gasteiger partial charge in [-0.25, -0.2) is 15.8 Å². The fourth-order valence-corrected chi connectivity index (χ4v) is 2.82. The molecule has 1 heterocycles. The van der Waals surface area contributed by atoms with Gasteiger partial charge in [0.25, 0.3) is 0 Å². The maximum Gasteiger partial charge on any atom is 0.144 e. The topological polar surface area (TPSA) is 63.8 Å². The van der Waals surface area contributed by atoms with Crippen molar-refractivity contribution in [2.75, 3.05) is 5.43 Å². The molecule has 21 heavy (non-hydrogen) atoms. The van der Waals surface area contributed by atoms with Gasteiger partial charge < -0.3 is 5.43 Å². The zero-order valence-corrected chi connectivity index (χ0v) is 14.0. The minimum absolute atomic E-state index is 0.121. The fraction of sp³-hybridized carbons (Fsp3) is 0.375. The van der Waals surface area contributed by atoms with Crippen molar-refractivity contribution in [3.8, 4) is 0 Å². The first-order valence-corrected chi connectivity index (χ1v) is 7.72. The summed E-state index contributed by atoms with van der Waals surface area (Å²) in [6.07, 6.45) is 0. The molecular weight excluding hydrogens is 280 g/mol. The second-order valence-corrected chi connectivity index (χ2v) is 7.24. The Bertz CT molecular complexity index is 647. The zero-order chi connectivity index (χ0) is 15.6. The van der Waals surface area contributed by atoms with E-state index in [4.69, 9.17) is 5.84 Å². The first-order valence-electron chi connectivity index (χ1n) is 6.91. The summed E-state index contributed by atoms with van der Waals surface area (Å²) >= 11 is 1.64. The summed E-state index contributed by atoms with van der Waals surface area (Å²) in [4.78, 5) is 10.3. The van der Waals surface area contributed by atoms with Gasteiger partial charge in [0.1, 0.15) is 16.7 Å². The molecule has 112 valence electrons. The molecule has 0 spiro atoms. The van der Waals surface area contributed by atoms with Gasteiger partial charge in [0.15, 0.2) is 0 Å². The lowest BCUT2D eigenvalue weighted by Crippen LogP contribution is -2.19. The first kappa shape index (κ1) is 15.8. The van der Waals surface area contributed by atoms with E-state index in [9.17, 15) is 0 Å². The second-order valence-electron chi connectivity index (χ2n) is 6.18. The SMILES string of the molecule is Cc1ccc(C)c(Sc2cc(NN)nc(C(C)(C)C)n2)c1. The fourth-order valence-electron chi connectivity index (χ4n) is 1.82. The average Bonchev–Trinajstić information content (AvgIpc) is 2.41. The van der Waals surface area contributed by atoms with Crippen molar-refractivity contribution >= 4 is 17.6 Å². The number of nitrogens with zero attached hydrogens (tertiary/aromatic N) is 2. The van der Waals surface area contributed by atoms with Gasteiger partial charge >= 0.3 is 0 Å². The highest BCUT2D eigenvalue weighted by Crippen LogP contribution is 2.32. The van der Waals surface area contributed by atoms with Gasteiger partial charge in [-0.3, -0.25) is 0 Å². The van der Waals surface area contributed by atoms with Gasteiger partial charge in [-0.2, -0.15) is 0 Å². The third-order valence-electron chi connectivity index (χ3n) is 3.08. The van der Waals surface area contributed by atoms with Crippen LogP contribution in [0.15, 0.2) is 34.2 Å². The largest absolute Gasteiger partial charge is 0.308 e. The number of hydrogen-bond acceptors (Lipinski definition) is 5. The molecule has 0 aliphatic rings. The Morgan fingerprint density at radius 1 is 1.10 bits per heavy atom. The monoisotopic (exact) mass is 302 g/mol. The van der Waals surface area contributed by atoms with Crippen LogP contribution in [0.4, 0.5) is 5.82 Å². The molecule has 0 saturated carbocycles.